The summed E-state index contributed by atoms with van der Waals surface area (Å²) in [5.74, 6) is -2.99. The highest BCUT2D eigenvalue weighted by atomic mass is 19.4. The molecular formula is C24H23F3N3O5+. The van der Waals surface area contributed by atoms with E-state index >= 15 is 0 Å². The third-order valence-electron chi connectivity index (χ3n) is 6.07. The number of methoxy groups -OCH3 is 1. The Morgan fingerprint density at radius 1 is 1.26 bits per heavy atom. The molecule has 0 spiro atoms. The lowest BCUT2D eigenvalue weighted by Crippen LogP contribution is -2.43. The van der Waals surface area contributed by atoms with Crippen molar-refractivity contribution < 1.29 is 41.9 Å². The van der Waals surface area contributed by atoms with Gasteiger partial charge < -0.3 is 9.84 Å². The first-order valence-corrected chi connectivity index (χ1v) is 10.7. The molecule has 1 aliphatic carbocycles. The van der Waals surface area contributed by atoms with E-state index in [-0.39, 0.29) is 12.2 Å². The minimum absolute atomic E-state index is 0.0279. The lowest BCUT2D eigenvalue weighted by Gasteiger charge is -2.25. The second kappa shape index (κ2) is 8.81. The number of hydrogen-bond donors (Lipinski definition) is 1. The highest BCUT2D eigenvalue weighted by molar-refractivity contribution is 6.02. The van der Waals surface area contributed by atoms with E-state index in [9.17, 15) is 27.9 Å². The summed E-state index contributed by atoms with van der Waals surface area (Å²) in [6.45, 7) is 3.39. The first-order valence-electron chi connectivity index (χ1n) is 10.7. The maximum Gasteiger partial charge on any atom is 0.523 e. The second-order valence-corrected chi connectivity index (χ2v) is 8.60. The number of ether oxygens (including phenoxy) is 2. The molecule has 0 saturated carbocycles. The molecule has 8 nitrogen and oxygen atoms in total. The summed E-state index contributed by atoms with van der Waals surface area (Å²) >= 11 is 0. The van der Waals surface area contributed by atoms with Crippen LogP contribution in [0.1, 0.15) is 19.4 Å². The van der Waals surface area contributed by atoms with Gasteiger partial charge in [-0.15, -0.1) is 18.1 Å². The first-order chi connectivity index (χ1) is 16.4. The van der Waals surface area contributed by atoms with Crippen LogP contribution < -0.4 is 0 Å². The molecule has 1 amide bonds. The Morgan fingerprint density at radius 3 is 2.66 bits per heavy atom. The highest BCUT2D eigenvalue weighted by Gasteiger charge is 2.56. The summed E-state index contributed by atoms with van der Waals surface area (Å²) in [6, 6.07) is 8.79. The average Bonchev–Trinajstić information content (AvgIpc) is 2.97. The van der Waals surface area contributed by atoms with E-state index in [2.05, 4.69) is 14.5 Å². The Kier molecular flexibility index (Phi) is 6.14. The Morgan fingerprint density at radius 2 is 1.97 bits per heavy atom. The van der Waals surface area contributed by atoms with Crippen molar-refractivity contribution in [3.8, 4) is 0 Å². The number of esters is 1. The van der Waals surface area contributed by atoms with Crippen LogP contribution in [0.25, 0.3) is 10.9 Å². The average molecular weight is 490 g/mol. The second-order valence-electron chi connectivity index (χ2n) is 8.60. The van der Waals surface area contributed by atoms with Crippen LogP contribution in [-0.2, 0) is 25.6 Å². The number of aliphatic hydroxyl groups is 1. The van der Waals surface area contributed by atoms with Crippen LogP contribution in [0.15, 0.2) is 60.5 Å². The highest BCUT2D eigenvalue weighted by Crippen LogP contribution is 2.33. The van der Waals surface area contributed by atoms with Crippen LogP contribution in [0.3, 0.4) is 0 Å². The largest absolute Gasteiger partial charge is 0.523 e. The van der Waals surface area contributed by atoms with Gasteiger partial charge in [-0.05, 0) is 38.1 Å². The number of rotatable bonds is 5. The van der Waals surface area contributed by atoms with Crippen LogP contribution in [0.4, 0.5) is 13.2 Å². The predicted octanol–water partition coefficient (Wildman–Crippen LogP) is 3.43. The monoisotopic (exact) mass is 490 g/mol. The zero-order chi connectivity index (χ0) is 25.5. The Balaban J connectivity index is 1.72. The van der Waals surface area contributed by atoms with Crippen molar-refractivity contribution in [3.63, 3.8) is 0 Å². The Hall–Kier alpha value is -3.73. The van der Waals surface area contributed by atoms with Gasteiger partial charge in [-0.1, -0.05) is 24.3 Å². The summed E-state index contributed by atoms with van der Waals surface area (Å²) in [7, 11) is 1.04. The van der Waals surface area contributed by atoms with Crippen LogP contribution >= 0.6 is 0 Å². The van der Waals surface area contributed by atoms with E-state index in [4.69, 9.17) is 0 Å². The SMILES string of the molecule is COC(=O)C1C=C(N2C(=O)C(C)(C)[N+](Cc3ccnc4ccccc34)=C2O)C=CC1OC(F)(F)F. The summed E-state index contributed by atoms with van der Waals surface area (Å²) < 4.78 is 48.6. The van der Waals surface area contributed by atoms with Crippen molar-refractivity contribution in [2.45, 2.75) is 38.4 Å². The van der Waals surface area contributed by atoms with E-state index in [0.29, 0.717) is 0 Å². The van der Waals surface area contributed by atoms with Crippen LogP contribution in [0.5, 0.6) is 0 Å². The molecule has 2 unspecified atom stereocenters. The maximum absolute atomic E-state index is 13.3. The molecule has 2 aromatic rings. The number of aliphatic hydroxyl groups excluding tert-OH is 1. The lowest BCUT2D eigenvalue weighted by molar-refractivity contribution is -0.600. The molecule has 1 N–H and O–H groups in total. The Labute approximate surface area is 198 Å². The number of nitrogens with zero attached hydrogens (tertiary/aromatic N) is 3. The van der Waals surface area contributed by atoms with Gasteiger partial charge in [-0.25, -0.2) is 9.37 Å². The van der Waals surface area contributed by atoms with Crippen molar-refractivity contribution in [1.29, 1.82) is 0 Å². The lowest BCUT2D eigenvalue weighted by atomic mass is 9.95. The van der Waals surface area contributed by atoms with Gasteiger partial charge in [0.1, 0.15) is 24.3 Å². The number of carbonyl (C=O) groups excluding carboxylic acids is 2. The fraction of sp³-hybridized carbons (Fsp3) is 0.333. The van der Waals surface area contributed by atoms with E-state index in [1.54, 1.807) is 26.1 Å². The molecule has 0 fully saturated rings. The number of para-hydroxylation sites is 1. The number of amides is 1. The number of amidine groups is 1. The summed E-state index contributed by atoms with van der Waals surface area (Å²) in [5, 5.41) is 12.0. The van der Waals surface area contributed by atoms with Gasteiger partial charge >= 0.3 is 24.3 Å². The normalized spacial score (nSPS) is 22.1. The van der Waals surface area contributed by atoms with Crippen molar-refractivity contribution in [2.24, 2.45) is 5.92 Å². The van der Waals surface area contributed by atoms with Gasteiger partial charge in [-0.3, -0.25) is 14.5 Å². The predicted molar refractivity (Wildman–Crippen MR) is 118 cm³/mol. The van der Waals surface area contributed by atoms with Gasteiger partial charge in [0.25, 0.3) is 0 Å². The zero-order valence-corrected chi connectivity index (χ0v) is 19.1. The van der Waals surface area contributed by atoms with Gasteiger partial charge in [0, 0.05) is 17.1 Å². The van der Waals surface area contributed by atoms with Crippen molar-refractivity contribution >= 4 is 28.8 Å². The van der Waals surface area contributed by atoms with Crippen molar-refractivity contribution in [1.82, 2.24) is 9.88 Å². The van der Waals surface area contributed by atoms with E-state index in [1.165, 1.54) is 10.7 Å². The van der Waals surface area contributed by atoms with E-state index in [0.717, 1.165) is 40.6 Å². The molecule has 184 valence electrons. The molecule has 11 heteroatoms. The summed E-state index contributed by atoms with van der Waals surface area (Å²) in [4.78, 5) is 30.8. The summed E-state index contributed by atoms with van der Waals surface area (Å²) in [6.07, 6.45) is -1.71. The molecule has 0 bridgehead atoms. The van der Waals surface area contributed by atoms with Crippen LogP contribution in [-0.4, -0.2) is 62.6 Å². The molecule has 4 rings (SSSR count). The molecule has 2 atom stereocenters. The zero-order valence-electron chi connectivity index (χ0n) is 19.1. The van der Waals surface area contributed by atoms with Crippen LogP contribution in [0, 0.1) is 5.92 Å². The fourth-order valence-electron chi connectivity index (χ4n) is 4.22. The first kappa shape index (κ1) is 24.4. The number of fused-ring (bicyclic) bond motifs is 1. The molecular weight excluding hydrogens is 467 g/mol. The molecule has 1 aromatic carbocycles. The fourth-order valence-corrected chi connectivity index (χ4v) is 4.22. The number of aromatic nitrogens is 1. The number of allylic oxidation sites excluding steroid dienone is 1. The quantitative estimate of drug-likeness (QED) is 0.510. The standard InChI is InChI=1S/C24H22F3N3O5/c1-23(2)21(32)30(15-8-9-19(35-24(25,26)27)17(12-15)20(31)34-3)22(33)29(23)13-14-10-11-28-18-7-5-4-6-16(14)18/h4-12,17,19H,13H2,1-3H3/p+1. The number of halogens is 3. The molecule has 1 aliphatic heterocycles. The van der Waals surface area contributed by atoms with Crippen molar-refractivity contribution in [2.75, 3.05) is 7.11 Å². The topological polar surface area (TPSA) is 92.0 Å². The Bertz CT molecular complexity index is 1280. The third kappa shape index (κ3) is 4.51. The smallest absolute Gasteiger partial charge is 0.468 e. The minimum atomic E-state index is -4.99. The summed E-state index contributed by atoms with van der Waals surface area (Å²) in [5.41, 5.74) is 0.381. The number of carbonyl (C=O) groups is 2. The molecule has 35 heavy (non-hydrogen) atoms. The molecule has 1 aromatic heterocycles. The molecule has 2 heterocycles. The van der Waals surface area contributed by atoms with E-state index in [1.807, 2.05) is 24.3 Å². The van der Waals surface area contributed by atoms with Gasteiger partial charge in [0.2, 0.25) is 5.54 Å². The van der Waals surface area contributed by atoms with Gasteiger partial charge in [-0.2, -0.15) is 0 Å². The molecule has 0 saturated heterocycles. The van der Waals surface area contributed by atoms with Gasteiger partial charge in [0.15, 0.2) is 0 Å². The van der Waals surface area contributed by atoms with Gasteiger partial charge in [0.05, 0.1) is 12.6 Å². The molecule has 0 radical (unpaired) electrons. The minimum Gasteiger partial charge on any atom is -0.468 e. The number of pyridine rings is 1. The van der Waals surface area contributed by atoms with Crippen LogP contribution in [0.2, 0.25) is 0 Å². The number of benzene rings is 1. The number of hydrogen-bond acceptors (Lipinski definition) is 5. The molecule has 2 aliphatic rings. The van der Waals surface area contributed by atoms with Crippen molar-refractivity contribution in [3.05, 3.63) is 66.0 Å². The third-order valence-corrected chi connectivity index (χ3v) is 6.07. The number of alkyl halides is 3. The maximum atomic E-state index is 13.3. The van der Waals surface area contributed by atoms with E-state index < -0.39 is 41.8 Å².